The first-order valence-electron chi connectivity index (χ1n) is 7.61. The van der Waals surface area contributed by atoms with Crippen molar-refractivity contribution in [3.05, 3.63) is 22.4 Å². The maximum atomic E-state index is 12.0. The van der Waals surface area contributed by atoms with Crippen LogP contribution in [0.5, 0.6) is 0 Å². The van der Waals surface area contributed by atoms with Gasteiger partial charge in [-0.05, 0) is 43.0 Å². The van der Waals surface area contributed by atoms with Crippen LogP contribution in [0.3, 0.4) is 0 Å². The molecule has 2 nitrogen and oxygen atoms in total. The predicted octanol–water partition coefficient (Wildman–Crippen LogP) is 4.16. The summed E-state index contributed by atoms with van der Waals surface area (Å²) < 4.78 is 0. The van der Waals surface area contributed by atoms with Crippen LogP contribution in [0.2, 0.25) is 0 Å². The molecule has 0 aliphatic heterocycles. The van der Waals surface area contributed by atoms with Gasteiger partial charge in [0.25, 0.3) is 0 Å². The number of thiophene rings is 1. The molecule has 19 heavy (non-hydrogen) atoms. The van der Waals surface area contributed by atoms with Crippen LogP contribution in [0, 0.1) is 5.92 Å². The first-order valence-corrected chi connectivity index (χ1v) is 8.49. The minimum absolute atomic E-state index is 0.238. The van der Waals surface area contributed by atoms with Crippen LogP contribution in [0.4, 0.5) is 0 Å². The standard InChI is InChI=1S/C16H25NOS/c1-2-3-6-13-7-4-9-15(13)17-16(18)11-10-14-8-5-12-19-14/h5,8,12-13,15H,2-4,6-7,9-11H2,1H3,(H,17,18). The molecule has 2 atom stereocenters. The van der Waals surface area contributed by atoms with Crippen LogP contribution in [0.25, 0.3) is 0 Å². The van der Waals surface area contributed by atoms with E-state index < -0.39 is 0 Å². The number of aryl methyl sites for hydroxylation is 1. The van der Waals surface area contributed by atoms with E-state index in [4.69, 9.17) is 0 Å². The molecule has 0 radical (unpaired) electrons. The van der Waals surface area contributed by atoms with Gasteiger partial charge in [0.05, 0.1) is 0 Å². The second kappa shape index (κ2) is 7.68. The molecule has 1 saturated carbocycles. The topological polar surface area (TPSA) is 29.1 Å². The molecule has 1 aromatic rings. The lowest BCUT2D eigenvalue weighted by molar-refractivity contribution is -0.122. The third-order valence-corrected chi connectivity index (χ3v) is 5.05. The molecule has 2 rings (SSSR count). The summed E-state index contributed by atoms with van der Waals surface area (Å²) in [5, 5.41) is 5.34. The molecule has 1 amide bonds. The summed E-state index contributed by atoms with van der Waals surface area (Å²) in [4.78, 5) is 13.3. The van der Waals surface area contributed by atoms with Crippen molar-refractivity contribution < 1.29 is 4.79 Å². The molecular formula is C16H25NOS. The van der Waals surface area contributed by atoms with Gasteiger partial charge in [0.2, 0.25) is 5.91 Å². The van der Waals surface area contributed by atoms with Gasteiger partial charge in [-0.3, -0.25) is 4.79 Å². The third-order valence-electron chi connectivity index (χ3n) is 4.11. The van der Waals surface area contributed by atoms with Gasteiger partial charge >= 0.3 is 0 Å². The van der Waals surface area contributed by atoms with Crippen LogP contribution in [0.1, 0.15) is 56.7 Å². The maximum Gasteiger partial charge on any atom is 0.220 e. The Labute approximate surface area is 120 Å². The maximum absolute atomic E-state index is 12.0. The first kappa shape index (κ1) is 14.6. The highest BCUT2D eigenvalue weighted by molar-refractivity contribution is 7.09. The molecule has 1 aliphatic rings. The van der Waals surface area contributed by atoms with E-state index in [1.54, 1.807) is 11.3 Å². The van der Waals surface area contributed by atoms with Crippen molar-refractivity contribution >= 4 is 17.2 Å². The molecular weight excluding hydrogens is 254 g/mol. The number of rotatable bonds is 7. The molecule has 1 fully saturated rings. The van der Waals surface area contributed by atoms with Gasteiger partial charge in [-0.15, -0.1) is 11.3 Å². The van der Waals surface area contributed by atoms with E-state index in [-0.39, 0.29) is 5.91 Å². The summed E-state index contributed by atoms with van der Waals surface area (Å²) in [6.45, 7) is 2.24. The van der Waals surface area contributed by atoms with Crippen LogP contribution in [0.15, 0.2) is 17.5 Å². The summed E-state index contributed by atoms with van der Waals surface area (Å²) in [7, 11) is 0. The van der Waals surface area contributed by atoms with Gasteiger partial charge in [0.15, 0.2) is 0 Å². The fourth-order valence-corrected chi connectivity index (χ4v) is 3.72. The largest absolute Gasteiger partial charge is 0.353 e. The Morgan fingerprint density at radius 3 is 3.11 bits per heavy atom. The monoisotopic (exact) mass is 279 g/mol. The van der Waals surface area contributed by atoms with Gasteiger partial charge in [-0.2, -0.15) is 0 Å². The Kier molecular flexibility index (Phi) is 5.90. The average Bonchev–Trinajstić information content (AvgIpc) is 3.05. The van der Waals surface area contributed by atoms with Crippen molar-refractivity contribution in [2.75, 3.05) is 0 Å². The summed E-state index contributed by atoms with van der Waals surface area (Å²) >= 11 is 1.74. The lowest BCUT2D eigenvalue weighted by Crippen LogP contribution is -2.37. The number of hydrogen-bond donors (Lipinski definition) is 1. The van der Waals surface area contributed by atoms with Crippen LogP contribution >= 0.6 is 11.3 Å². The van der Waals surface area contributed by atoms with E-state index in [9.17, 15) is 4.79 Å². The van der Waals surface area contributed by atoms with E-state index in [0.717, 1.165) is 12.3 Å². The second-order valence-electron chi connectivity index (χ2n) is 5.59. The smallest absolute Gasteiger partial charge is 0.220 e. The average molecular weight is 279 g/mol. The highest BCUT2D eigenvalue weighted by Crippen LogP contribution is 2.29. The van der Waals surface area contributed by atoms with Crippen LogP contribution < -0.4 is 5.32 Å². The summed E-state index contributed by atoms with van der Waals surface area (Å²) in [5.74, 6) is 0.965. The molecule has 0 saturated heterocycles. The molecule has 1 aromatic heterocycles. The minimum Gasteiger partial charge on any atom is -0.353 e. The Hall–Kier alpha value is -0.830. The number of carbonyl (C=O) groups excluding carboxylic acids is 1. The molecule has 3 heteroatoms. The quantitative estimate of drug-likeness (QED) is 0.798. The number of hydrogen-bond acceptors (Lipinski definition) is 2. The lowest BCUT2D eigenvalue weighted by Gasteiger charge is -2.20. The molecule has 0 aromatic carbocycles. The van der Waals surface area contributed by atoms with Crippen LogP contribution in [-0.2, 0) is 11.2 Å². The summed E-state index contributed by atoms with van der Waals surface area (Å²) in [6, 6.07) is 4.61. The number of unbranched alkanes of at least 4 members (excludes halogenated alkanes) is 1. The summed E-state index contributed by atoms with van der Waals surface area (Å²) in [6.07, 6.45) is 9.13. The first-order chi connectivity index (χ1) is 9.29. The van der Waals surface area contributed by atoms with Gasteiger partial charge in [-0.25, -0.2) is 0 Å². The van der Waals surface area contributed by atoms with Crippen molar-refractivity contribution in [2.24, 2.45) is 5.92 Å². The number of carbonyl (C=O) groups is 1. The molecule has 1 heterocycles. The van der Waals surface area contributed by atoms with Crippen molar-refractivity contribution in [3.63, 3.8) is 0 Å². The van der Waals surface area contributed by atoms with Crippen molar-refractivity contribution in [3.8, 4) is 0 Å². The fourth-order valence-electron chi connectivity index (χ4n) is 3.01. The predicted molar refractivity (Wildman–Crippen MR) is 81.4 cm³/mol. The Bertz CT molecular complexity index is 374. The van der Waals surface area contributed by atoms with E-state index in [0.29, 0.717) is 12.5 Å². The van der Waals surface area contributed by atoms with E-state index in [2.05, 4.69) is 29.8 Å². The normalized spacial score (nSPS) is 22.6. The van der Waals surface area contributed by atoms with E-state index in [1.165, 1.54) is 43.4 Å². The zero-order valence-corrected chi connectivity index (χ0v) is 12.7. The SMILES string of the molecule is CCCCC1CCCC1NC(=O)CCc1cccs1. The molecule has 1 aliphatic carbocycles. The lowest BCUT2D eigenvalue weighted by atomic mass is 9.96. The van der Waals surface area contributed by atoms with Crippen LogP contribution in [-0.4, -0.2) is 11.9 Å². The highest BCUT2D eigenvalue weighted by atomic mass is 32.1. The van der Waals surface area contributed by atoms with Crippen molar-refractivity contribution in [2.45, 2.75) is 64.3 Å². The van der Waals surface area contributed by atoms with Crippen molar-refractivity contribution in [1.29, 1.82) is 0 Å². The molecule has 106 valence electrons. The highest BCUT2D eigenvalue weighted by Gasteiger charge is 2.27. The molecule has 1 N–H and O–H groups in total. The number of amides is 1. The molecule has 0 bridgehead atoms. The van der Waals surface area contributed by atoms with Gasteiger partial charge < -0.3 is 5.32 Å². The minimum atomic E-state index is 0.238. The Morgan fingerprint density at radius 2 is 2.37 bits per heavy atom. The molecule has 0 spiro atoms. The van der Waals surface area contributed by atoms with Crippen molar-refractivity contribution in [1.82, 2.24) is 5.32 Å². The third kappa shape index (κ3) is 4.64. The van der Waals surface area contributed by atoms with E-state index >= 15 is 0 Å². The zero-order chi connectivity index (χ0) is 13.5. The number of nitrogens with one attached hydrogen (secondary N) is 1. The van der Waals surface area contributed by atoms with Gasteiger partial charge in [0.1, 0.15) is 0 Å². The van der Waals surface area contributed by atoms with E-state index in [1.807, 2.05) is 0 Å². The second-order valence-corrected chi connectivity index (χ2v) is 6.62. The zero-order valence-electron chi connectivity index (χ0n) is 11.9. The molecule has 2 unspecified atom stereocenters. The van der Waals surface area contributed by atoms with Gasteiger partial charge in [-0.1, -0.05) is 32.3 Å². The Balaban J connectivity index is 1.71. The van der Waals surface area contributed by atoms with Gasteiger partial charge in [0, 0.05) is 17.3 Å². The summed E-state index contributed by atoms with van der Waals surface area (Å²) in [5.41, 5.74) is 0. The fraction of sp³-hybridized carbons (Fsp3) is 0.688. The Morgan fingerprint density at radius 1 is 1.47 bits per heavy atom.